The van der Waals surface area contributed by atoms with E-state index in [1.54, 1.807) is 29.4 Å². The van der Waals surface area contributed by atoms with Crippen LogP contribution in [0.4, 0.5) is 11.5 Å². The van der Waals surface area contributed by atoms with Crippen LogP contribution < -0.4 is 4.90 Å². The van der Waals surface area contributed by atoms with Gasteiger partial charge in [-0.15, -0.1) is 0 Å². The molecule has 1 aliphatic rings. The number of rotatable bonds is 6. The van der Waals surface area contributed by atoms with Crippen LogP contribution in [0.3, 0.4) is 0 Å². The van der Waals surface area contributed by atoms with Crippen LogP contribution in [-0.4, -0.2) is 56.4 Å². The van der Waals surface area contributed by atoms with Crippen LogP contribution in [-0.2, 0) is 4.79 Å². The monoisotopic (exact) mass is 544 g/mol. The van der Waals surface area contributed by atoms with E-state index in [0.29, 0.717) is 31.7 Å². The maximum atomic E-state index is 12.9. The molecule has 9 heteroatoms. The fraction of sp³-hybridized carbons (Fsp3) is 0.156. The van der Waals surface area contributed by atoms with Gasteiger partial charge in [-0.05, 0) is 41.8 Å². The molecule has 1 fully saturated rings. The normalized spacial score (nSPS) is 13.7. The van der Waals surface area contributed by atoms with Gasteiger partial charge < -0.3 is 14.4 Å². The van der Waals surface area contributed by atoms with Crippen LogP contribution in [0.15, 0.2) is 97.5 Å². The highest BCUT2D eigenvalue weighted by atomic mass is 16.6. The third-order valence-corrected chi connectivity index (χ3v) is 7.32. The molecule has 0 N–H and O–H groups in total. The van der Waals surface area contributed by atoms with E-state index in [2.05, 4.69) is 52.9 Å². The van der Waals surface area contributed by atoms with Gasteiger partial charge in [0.05, 0.1) is 10.3 Å². The van der Waals surface area contributed by atoms with Crippen LogP contribution in [0.5, 0.6) is 0 Å². The van der Waals surface area contributed by atoms with Gasteiger partial charge >= 0.3 is 0 Å². The quantitative estimate of drug-likeness (QED) is 0.155. The van der Waals surface area contributed by atoms with E-state index in [-0.39, 0.29) is 11.6 Å². The van der Waals surface area contributed by atoms with Crippen LogP contribution in [0.1, 0.15) is 11.1 Å². The first kappa shape index (κ1) is 25.9. The number of aromatic nitrogens is 3. The van der Waals surface area contributed by atoms with Gasteiger partial charge in [0.15, 0.2) is 5.65 Å². The Kier molecular flexibility index (Phi) is 6.99. The van der Waals surface area contributed by atoms with Crippen LogP contribution >= 0.6 is 0 Å². The van der Waals surface area contributed by atoms with Gasteiger partial charge in [-0.25, -0.2) is 9.97 Å². The van der Waals surface area contributed by atoms with Crippen molar-refractivity contribution in [2.45, 2.75) is 6.92 Å². The minimum atomic E-state index is -0.444. The van der Waals surface area contributed by atoms with Gasteiger partial charge in [-0.3, -0.25) is 14.9 Å². The molecule has 0 spiro atoms. The molecule has 204 valence electrons. The van der Waals surface area contributed by atoms with Gasteiger partial charge in [-0.2, -0.15) is 0 Å². The molecule has 5 aromatic rings. The first-order valence-electron chi connectivity index (χ1n) is 13.4. The van der Waals surface area contributed by atoms with E-state index < -0.39 is 4.92 Å². The number of non-ortho nitro benzene ring substituents is 1. The summed E-state index contributed by atoms with van der Waals surface area (Å²) in [6.07, 6.45) is 6.84. The zero-order chi connectivity index (χ0) is 28.3. The van der Waals surface area contributed by atoms with Gasteiger partial charge in [0.1, 0.15) is 12.1 Å². The maximum absolute atomic E-state index is 12.9. The average molecular weight is 545 g/mol. The van der Waals surface area contributed by atoms with Crippen LogP contribution in [0, 0.1) is 17.0 Å². The minimum absolute atomic E-state index is 0.00418. The van der Waals surface area contributed by atoms with Gasteiger partial charge in [0.25, 0.3) is 5.69 Å². The highest BCUT2D eigenvalue weighted by Gasteiger charge is 2.25. The van der Waals surface area contributed by atoms with Crippen LogP contribution in [0.25, 0.3) is 33.9 Å². The smallest absolute Gasteiger partial charge is 0.270 e. The van der Waals surface area contributed by atoms with Crippen molar-refractivity contribution in [1.29, 1.82) is 0 Å². The predicted molar refractivity (Wildman–Crippen MR) is 160 cm³/mol. The summed E-state index contributed by atoms with van der Waals surface area (Å²) in [7, 11) is 0. The fourth-order valence-electron chi connectivity index (χ4n) is 5.25. The molecule has 0 saturated carbocycles. The zero-order valence-electron chi connectivity index (χ0n) is 22.6. The highest BCUT2D eigenvalue weighted by Crippen LogP contribution is 2.37. The molecular formula is C32H28N6O3. The summed E-state index contributed by atoms with van der Waals surface area (Å²) in [5.74, 6) is 0.721. The average Bonchev–Trinajstić information content (AvgIpc) is 3.41. The summed E-state index contributed by atoms with van der Waals surface area (Å²) in [5, 5.41) is 12.0. The zero-order valence-corrected chi connectivity index (χ0v) is 22.6. The molecule has 0 atom stereocenters. The highest BCUT2D eigenvalue weighted by molar-refractivity contribution is 6.02. The van der Waals surface area contributed by atoms with Crippen molar-refractivity contribution < 1.29 is 9.72 Å². The second-order valence-electron chi connectivity index (χ2n) is 10.0. The van der Waals surface area contributed by atoms with Crippen molar-refractivity contribution in [2.24, 2.45) is 0 Å². The van der Waals surface area contributed by atoms with Crippen molar-refractivity contribution in [1.82, 2.24) is 19.4 Å². The number of fused-ring (bicyclic) bond motifs is 1. The fourth-order valence-corrected chi connectivity index (χ4v) is 5.25. The number of piperazine rings is 1. The second-order valence-corrected chi connectivity index (χ2v) is 10.0. The molecule has 3 heterocycles. The topological polar surface area (TPSA) is 97.4 Å². The van der Waals surface area contributed by atoms with Crippen molar-refractivity contribution in [3.63, 3.8) is 0 Å². The van der Waals surface area contributed by atoms with Gasteiger partial charge in [0.2, 0.25) is 5.91 Å². The lowest BCUT2D eigenvalue weighted by Gasteiger charge is -2.35. The minimum Gasteiger partial charge on any atom is -0.352 e. The Bertz CT molecular complexity index is 1770. The lowest BCUT2D eigenvalue weighted by Crippen LogP contribution is -2.48. The number of nitro groups is 1. The Balaban J connectivity index is 1.27. The van der Waals surface area contributed by atoms with E-state index in [9.17, 15) is 14.9 Å². The number of carbonyl (C=O) groups is 1. The van der Waals surface area contributed by atoms with Crippen molar-refractivity contribution >= 4 is 34.5 Å². The van der Waals surface area contributed by atoms with Gasteiger partial charge in [0, 0.05) is 61.8 Å². The molecule has 0 radical (unpaired) electrons. The number of hydrogen-bond acceptors (Lipinski definition) is 6. The summed E-state index contributed by atoms with van der Waals surface area (Å²) < 4.78 is 2.12. The molecule has 41 heavy (non-hydrogen) atoms. The van der Waals surface area contributed by atoms with E-state index in [1.807, 2.05) is 24.3 Å². The molecule has 0 bridgehead atoms. The van der Waals surface area contributed by atoms with Crippen molar-refractivity contribution in [2.75, 3.05) is 31.1 Å². The van der Waals surface area contributed by atoms with E-state index in [0.717, 1.165) is 33.7 Å². The Morgan fingerprint density at radius 3 is 2.46 bits per heavy atom. The largest absolute Gasteiger partial charge is 0.352 e. The molecular weight excluding hydrogens is 516 g/mol. The number of carbonyl (C=O) groups excluding carboxylic acids is 1. The Morgan fingerprint density at radius 2 is 1.71 bits per heavy atom. The second kappa shape index (κ2) is 11.1. The summed E-state index contributed by atoms with van der Waals surface area (Å²) in [6, 6.07) is 24.8. The molecule has 0 unspecified atom stereocenters. The predicted octanol–water partition coefficient (Wildman–Crippen LogP) is 5.67. The molecule has 3 aromatic carbocycles. The maximum Gasteiger partial charge on any atom is 0.270 e. The number of amides is 1. The molecule has 0 aliphatic carbocycles. The standard InChI is InChI=1S/C32H28N6O3/c1-23-7-5-11-26(19-23)37-21-28(25-9-3-2-4-10-25)30-31(33-22-34-32(30)37)36-17-15-35(16-18-36)29(39)14-13-24-8-6-12-27(20-24)38(40)41/h2-14,19-22H,15-18H2,1H3/b14-13+. The summed E-state index contributed by atoms with van der Waals surface area (Å²) >= 11 is 0. The SMILES string of the molecule is Cc1cccc(-n2cc(-c3ccccc3)c3c(N4CCN(C(=O)/C=C/c5cccc([N+](=O)[O-])c5)CC4)ncnc32)c1. The lowest BCUT2D eigenvalue weighted by atomic mass is 10.1. The Morgan fingerprint density at radius 1 is 0.927 bits per heavy atom. The molecule has 6 rings (SSSR count). The van der Waals surface area contributed by atoms with E-state index >= 15 is 0 Å². The summed E-state index contributed by atoms with van der Waals surface area (Å²) in [5.41, 5.74) is 5.78. The lowest BCUT2D eigenvalue weighted by molar-refractivity contribution is -0.384. The Labute approximate surface area is 237 Å². The number of aryl methyl sites for hydroxylation is 1. The van der Waals surface area contributed by atoms with Crippen molar-refractivity contribution in [3.05, 3.63) is 119 Å². The molecule has 9 nitrogen and oxygen atoms in total. The molecule has 2 aromatic heterocycles. The first-order chi connectivity index (χ1) is 20.0. The van der Waals surface area contributed by atoms with Gasteiger partial charge in [-0.1, -0.05) is 54.6 Å². The molecule has 1 amide bonds. The summed E-state index contributed by atoms with van der Waals surface area (Å²) in [6.45, 7) is 4.37. The number of nitro benzene ring substituents is 1. The third-order valence-electron chi connectivity index (χ3n) is 7.32. The molecule has 1 aliphatic heterocycles. The number of nitrogens with zero attached hydrogens (tertiary/aromatic N) is 6. The summed E-state index contributed by atoms with van der Waals surface area (Å²) in [4.78, 5) is 37.0. The third kappa shape index (κ3) is 5.29. The van der Waals surface area contributed by atoms with E-state index in [1.165, 1.54) is 23.8 Å². The van der Waals surface area contributed by atoms with Crippen LogP contribution in [0.2, 0.25) is 0 Å². The number of anilines is 1. The number of benzene rings is 3. The first-order valence-corrected chi connectivity index (χ1v) is 13.4. The Hall–Kier alpha value is -5.31. The van der Waals surface area contributed by atoms with Crippen molar-refractivity contribution in [3.8, 4) is 16.8 Å². The number of hydrogen-bond donors (Lipinski definition) is 0. The molecule has 1 saturated heterocycles. The van der Waals surface area contributed by atoms with E-state index in [4.69, 9.17) is 9.97 Å².